The summed E-state index contributed by atoms with van der Waals surface area (Å²) in [4.78, 5) is 21.5. The van der Waals surface area contributed by atoms with E-state index in [4.69, 9.17) is 0 Å². The highest BCUT2D eigenvalue weighted by Gasteiger charge is 2.15. The second-order valence-corrected chi connectivity index (χ2v) is 6.89. The number of amides is 1. The molecular weight excluding hydrogens is 376 g/mol. The first kappa shape index (κ1) is 17.8. The lowest BCUT2D eigenvalue weighted by molar-refractivity contribution is 0.101. The van der Waals surface area contributed by atoms with Gasteiger partial charge in [-0.25, -0.2) is 9.97 Å². The SMILES string of the molecule is Cn1nc(-c2ccccc2)cc1C(=O)Nc1ccc(-c2cn3cccnc3n2)cc1. The number of carbonyl (C=O) groups is 1. The third kappa shape index (κ3) is 3.33. The van der Waals surface area contributed by atoms with Crippen LogP contribution < -0.4 is 5.32 Å². The molecular formula is C23H18N6O. The van der Waals surface area contributed by atoms with E-state index >= 15 is 0 Å². The maximum atomic E-state index is 12.8. The summed E-state index contributed by atoms with van der Waals surface area (Å²) in [7, 11) is 1.77. The highest BCUT2D eigenvalue weighted by Crippen LogP contribution is 2.22. The van der Waals surface area contributed by atoms with Crippen LogP contribution in [0.3, 0.4) is 0 Å². The number of aromatic nitrogens is 5. The quantitative estimate of drug-likeness (QED) is 0.499. The second-order valence-electron chi connectivity index (χ2n) is 6.89. The minimum absolute atomic E-state index is 0.211. The molecule has 0 aliphatic heterocycles. The Labute approximate surface area is 172 Å². The molecule has 3 heterocycles. The number of fused-ring (bicyclic) bond motifs is 1. The van der Waals surface area contributed by atoms with E-state index in [9.17, 15) is 4.79 Å². The van der Waals surface area contributed by atoms with Gasteiger partial charge in [-0.2, -0.15) is 5.10 Å². The third-order valence-electron chi connectivity index (χ3n) is 4.86. The van der Waals surface area contributed by atoms with Crippen molar-refractivity contribution in [2.45, 2.75) is 0 Å². The molecule has 0 saturated heterocycles. The van der Waals surface area contributed by atoms with Crippen LogP contribution in [0.5, 0.6) is 0 Å². The number of nitrogens with one attached hydrogen (secondary N) is 1. The van der Waals surface area contributed by atoms with Crippen molar-refractivity contribution in [2.75, 3.05) is 5.32 Å². The Bertz CT molecular complexity index is 1300. The van der Waals surface area contributed by atoms with Crippen molar-refractivity contribution < 1.29 is 4.79 Å². The molecule has 1 amide bonds. The molecule has 0 fully saturated rings. The zero-order valence-electron chi connectivity index (χ0n) is 16.2. The average molecular weight is 394 g/mol. The fourth-order valence-electron chi connectivity index (χ4n) is 3.32. The minimum Gasteiger partial charge on any atom is -0.321 e. The number of imidazole rings is 1. The van der Waals surface area contributed by atoms with Gasteiger partial charge in [-0.05, 0) is 24.3 Å². The largest absolute Gasteiger partial charge is 0.321 e. The molecule has 2 aromatic carbocycles. The molecule has 0 spiro atoms. The van der Waals surface area contributed by atoms with Crippen LogP contribution in [0.2, 0.25) is 0 Å². The smallest absolute Gasteiger partial charge is 0.273 e. The van der Waals surface area contributed by atoms with Gasteiger partial charge in [0.1, 0.15) is 5.69 Å². The molecule has 146 valence electrons. The monoisotopic (exact) mass is 394 g/mol. The molecule has 0 aliphatic rings. The third-order valence-corrected chi connectivity index (χ3v) is 4.86. The van der Waals surface area contributed by atoms with Crippen molar-refractivity contribution in [1.82, 2.24) is 24.1 Å². The summed E-state index contributed by atoms with van der Waals surface area (Å²) in [6.07, 6.45) is 5.55. The lowest BCUT2D eigenvalue weighted by Crippen LogP contribution is -2.15. The number of carbonyl (C=O) groups excluding carboxylic acids is 1. The molecule has 1 N–H and O–H groups in total. The van der Waals surface area contributed by atoms with Crippen LogP contribution >= 0.6 is 0 Å². The minimum atomic E-state index is -0.211. The maximum absolute atomic E-state index is 12.8. The molecule has 0 bridgehead atoms. The van der Waals surface area contributed by atoms with Crippen molar-refractivity contribution in [3.63, 3.8) is 0 Å². The maximum Gasteiger partial charge on any atom is 0.273 e. The van der Waals surface area contributed by atoms with Crippen LogP contribution in [0.1, 0.15) is 10.5 Å². The van der Waals surface area contributed by atoms with Crippen LogP contribution in [0.4, 0.5) is 5.69 Å². The van der Waals surface area contributed by atoms with Gasteiger partial charge in [0.15, 0.2) is 0 Å². The fourth-order valence-corrected chi connectivity index (χ4v) is 3.32. The van der Waals surface area contributed by atoms with Gasteiger partial charge in [0.25, 0.3) is 5.91 Å². The van der Waals surface area contributed by atoms with Crippen molar-refractivity contribution in [3.05, 3.63) is 91.0 Å². The van der Waals surface area contributed by atoms with Crippen molar-refractivity contribution in [2.24, 2.45) is 7.05 Å². The first-order chi connectivity index (χ1) is 14.7. The summed E-state index contributed by atoms with van der Waals surface area (Å²) >= 11 is 0. The molecule has 30 heavy (non-hydrogen) atoms. The highest BCUT2D eigenvalue weighted by atomic mass is 16.2. The summed E-state index contributed by atoms with van der Waals surface area (Å²) < 4.78 is 3.47. The van der Waals surface area contributed by atoms with E-state index in [1.165, 1.54) is 0 Å². The predicted octanol–water partition coefficient (Wildman–Crippen LogP) is 4.05. The summed E-state index contributed by atoms with van der Waals surface area (Å²) in [5.74, 6) is 0.437. The fraction of sp³-hybridized carbons (Fsp3) is 0.0435. The van der Waals surface area contributed by atoms with E-state index in [1.54, 1.807) is 24.0 Å². The summed E-state index contributed by atoms with van der Waals surface area (Å²) in [6.45, 7) is 0. The number of rotatable bonds is 4. The Morgan fingerprint density at radius 2 is 1.70 bits per heavy atom. The van der Waals surface area contributed by atoms with Crippen molar-refractivity contribution in [3.8, 4) is 22.5 Å². The number of hydrogen-bond acceptors (Lipinski definition) is 4. The number of anilines is 1. The lowest BCUT2D eigenvalue weighted by Gasteiger charge is -2.06. The van der Waals surface area contributed by atoms with Crippen LogP contribution in [-0.4, -0.2) is 30.1 Å². The van der Waals surface area contributed by atoms with Crippen LogP contribution in [0, 0.1) is 0 Å². The van der Waals surface area contributed by atoms with E-state index in [2.05, 4.69) is 20.4 Å². The standard InChI is InChI=1S/C23H18N6O/c1-28-21(14-19(27-28)16-6-3-2-4-7-16)22(30)25-18-10-8-17(9-11-18)20-15-29-13-5-12-24-23(29)26-20/h2-15H,1H3,(H,25,30). The van der Waals surface area contributed by atoms with Gasteiger partial charge >= 0.3 is 0 Å². The van der Waals surface area contributed by atoms with Gasteiger partial charge in [-0.15, -0.1) is 0 Å². The normalized spacial score (nSPS) is 11.0. The van der Waals surface area contributed by atoms with Gasteiger partial charge in [0.05, 0.1) is 11.4 Å². The zero-order valence-corrected chi connectivity index (χ0v) is 16.2. The highest BCUT2D eigenvalue weighted by molar-refractivity contribution is 6.03. The van der Waals surface area contributed by atoms with Gasteiger partial charge in [-0.3, -0.25) is 13.9 Å². The molecule has 5 aromatic rings. The van der Waals surface area contributed by atoms with Gasteiger partial charge in [0.2, 0.25) is 5.78 Å². The van der Waals surface area contributed by atoms with Gasteiger partial charge < -0.3 is 5.32 Å². The molecule has 7 nitrogen and oxygen atoms in total. The topological polar surface area (TPSA) is 77.1 Å². The predicted molar refractivity (Wildman–Crippen MR) is 115 cm³/mol. The van der Waals surface area contributed by atoms with Crippen molar-refractivity contribution in [1.29, 1.82) is 0 Å². The lowest BCUT2D eigenvalue weighted by atomic mass is 10.1. The number of aryl methyl sites for hydroxylation is 1. The molecule has 3 aromatic heterocycles. The Balaban J connectivity index is 1.35. The van der Waals surface area contributed by atoms with E-state index in [-0.39, 0.29) is 5.91 Å². The number of nitrogens with zero attached hydrogens (tertiary/aromatic N) is 5. The molecule has 0 radical (unpaired) electrons. The van der Waals surface area contributed by atoms with Gasteiger partial charge in [0, 0.05) is 42.5 Å². The second kappa shape index (κ2) is 7.29. The van der Waals surface area contributed by atoms with Crippen LogP contribution in [0.25, 0.3) is 28.3 Å². The molecule has 5 rings (SSSR count). The number of benzene rings is 2. The Hall–Kier alpha value is -4.26. The van der Waals surface area contributed by atoms with Crippen molar-refractivity contribution >= 4 is 17.4 Å². The number of hydrogen-bond donors (Lipinski definition) is 1. The van der Waals surface area contributed by atoms with Gasteiger partial charge in [-0.1, -0.05) is 42.5 Å². The van der Waals surface area contributed by atoms with E-state index in [0.29, 0.717) is 17.2 Å². The first-order valence-electron chi connectivity index (χ1n) is 9.48. The summed E-state index contributed by atoms with van der Waals surface area (Å²) in [5.41, 5.74) is 4.70. The summed E-state index contributed by atoms with van der Waals surface area (Å²) in [5, 5.41) is 7.39. The Kier molecular flexibility index (Phi) is 4.33. The van der Waals surface area contributed by atoms with Crippen LogP contribution in [0.15, 0.2) is 85.3 Å². The average Bonchev–Trinajstić information content (AvgIpc) is 3.38. The molecule has 0 saturated carbocycles. The van der Waals surface area contributed by atoms with E-state index in [1.807, 2.05) is 77.5 Å². The molecule has 0 aliphatic carbocycles. The Morgan fingerprint density at radius 3 is 2.47 bits per heavy atom. The molecule has 7 heteroatoms. The van der Waals surface area contributed by atoms with E-state index in [0.717, 1.165) is 22.5 Å². The molecule has 0 atom stereocenters. The van der Waals surface area contributed by atoms with Crippen LogP contribution in [-0.2, 0) is 7.05 Å². The molecule has 0 unspecified atom stereocenters. The first-order valence-corrected chi connectivity index (χ1v) is 9.48. The zero-order chi connectivity index (χ0) is 20.5. The van der Waals surface area contributed by atoms with E-state index < -0.39 is 0 Å². The summed E-state index contributed by atoms with van der Waals surface area (Å²) in [6, 6.07) is 21.0. The Morgan fingerprint density at radius 1 is 0.933 bits per heavy atom.